The van der Waals surface area contributed by atoms with Crippen molar-refractivity contribution in [3.63, 3.8) is 0 Å². The van der Waals surface area contributed by atoms with Gasteiger partial charge in [0.2, 0.25) is 11.8 Å². The van der Waals surface area contributed by atoms with Gasteiger partial charge in [0.05, 0.1) is 0 Å². The van der Waals surface area contributed by atoms with E-state index in [4.69, 9.17) is 0 Å². The number of rotatable bonds is 5. The van der Waals surface area contributed by atoms with Crippen LogP contribution in [0.5, 0.6) is 0 Å². The lowest BCUT2D eigenvalue weighted by molar-refractivity contribution is -0.144. The molecule has 7 heteroatoms. The molecule has 6 nitrogen and oxygen atoms in total. The molecule has 0 unspecified atom stereocenters. The molecular formula is C21H23FN4O2. The molecule has 2 heterocycles. The molecule has 1 saturated carbocycles. The van der Waals surface area contributed by atoms with Crippen molar-refractivity contribution in [3.8, 4) is 0 Å². The highest BCUT2D eigenvalue weighted by Crippen LogP contribution is 2.47. The first-order valence-corrected chi connectivity index (χ1v) is 9.56. The van der Waals surface area contributed by atoms with Gasteiger partial charge in [0.1, 0.15) is 11.2 Å². The fourth-order valence-corrected chi connectivity index (χ4v) is 3.64. The van der Waals surface area contributed by atoms with Gasteiger partial charge in [-0.15, -0.1) is 0 Å². The first kappa shape index (κ1) is 18.4. The maximum atomic E-state index is 13.1. The first-order valence-electron chi connectivity index (χ1n) is 9.56. The van der Waals surface area contributed by atoms with Gasteiger partial charge in [-0.25, -0.2) is 4.39 Å². The molecule has 1 aromatic heterocycles. The van der Waals surface area contributed by atoms with Crippen LogP contribution in [0.4, 0.5) is 10.1 Å². The number of aromatic nitrogens is 1. The number of carbonyl (C=O) groups is 2. The highest BCUT2D eigenvalue weighted by Gasteiger charge is 2.58. The third-order valence-corrected chi connectivity index (χ3v) is 5.56. The maximum Gasteiger partial charge on any atom is 0.238 e. The van der Waals surface area contributed by atoms with Gasteiger partial charge in [-0.2, -0.15) is 0 Å². The largest absolute Gasteiger partial charge is 0.368 e. The summed E-state index contributed by atoms with van der Waals surface area (Å²) >= 11 is 0. The van der Waals surface area contributed by atoms with E-state index in [0.717, 1.165) is 11.3 Å². The van der Waals surface area contributed by atoms with Crippen LogP contribution < -0.4 is 10.2 Å². The number of amides is 2. The highest BCUT2D eigenvalue weighted by molar-refractivity contribution is 6.07. The van der Waals surface area contributed by atoms with Crippen LogP contribution >= 0.6 is 0 Å². The Kier molecular flexibility index (Phi) is 4.98. The monoisotopic (exact) mass is 382 g/mol. The summed E-state index contributed by atoms with van der Waals surface area (Å²) < 4.78 is 13.1. The van der Waals surface area contributed by atoms with Crippen molar-refractivity contribution in [2.24, 2.45) is 5.41 Å². The van der Waals surface area contributed by atoms with Gasteiger partial charge in [0.25, 0.3) is 0 Å². The SMILES string of the molecule is O=C(NCc1ccncc1)C1(C(=O)N2CCN(c3ccc(F)cc3)CC2)CC1. The number of nitrogens with one attached hydrogen (secondary N) is 1. The minimum Gasteiger partial charge on any atom is -0.368 e. The molecule has 28 heavy (non-hydrogen) atoms. The van der Waals surface area contributed by atoms with Crippen LogP contribution in [0.2, 0.25) is 0 Å². The van der Waals surface area contributed by atoms with Crippen LogP contribution in [0.25, 0.3) is 0 Å². The molecule has 0 bridgehead atoms. The van der Waals surface area contributed by atoms with Crippen LogP contribution in [0.3, 0.4) is 0 Å². The van der Waals surface area contributed by atoms with E-state index in [-0.39, 0.29) is 17.6 Å². The molecule has 2 fully saturated rings. The molecule has 146 valence electrons. The van der Waals surface area contributed by atoms with Gasteiger partial charge in [0.15, 0.2) is 0 Å². The second-order valence-electron chi connectivity index (χ2n) is 7.38. The molecule has 0 atom stereocenters. The van der Waals surface area contributed by atoms with E-state index in [0.29, 0.717) is 45.6 Å². The number of hydrogen-bond donors (Lipinski definition) is 1. The molecule has 2 aliphatic rings. The molecule has 1 N–H and O–H groups in total. The van der Waals surface area contributed by atoms with E-state index in [1.165, 1.54) is 12.1 Å². The lowest BCUT2D eigenvalue weighted by atomic mass is 10.0. The molecule has 4 rings (SSSR count). The molecule has 1 saturated heterocycles. The van der Waals surface area contributed by atoms with Crippen molar-refractivity contribution in [2.75, 3.05) is 31.1 Å². The topological polar surface area (TPSA) is 65.5 Å². The summed E-state index contributed by atoms with van der Waals surface area (Å²) in [7, 11) is 0. The van der Waals surface area contributed by atoms with Gasteiger partial charge in [0, 0.05) is 50.8 Å². The fraction of sp³-hybridized carbons (Fsp3) is 0.381. The Balaban J connectivity index is 1.33. The molecule has 2 aromatic rings. The van der Waals surface area contributed by atoms with Crippen LogP contribution in [-0.4, -0.2) is 47.9 Å². The summed E-state index contributed by atoms with van der Waals surface area (Å²) in [4.78, 5) is 33.6. The summed E-state index contributed by atoms with van der Waals surface area (Å²) in [6.07, 6.45) is 4.57. The lowest BCUT2D eigenvalue weighted by Gasteiger charge is -2.37. The van der Waals surface area contributed by atoms with E-state index in [9.17, 15) is 14.0 Å². The molecule has 1 aliphatic carbocycles. The Bertz CT molecular complexity index is 844. The van der Waals surface area contributed by atoms with Gasteiger partial charge in [-0.1, -0.05) is 0 Å². The molecular weight excluding hydrogens is 359 g/mol. The Hall–Kier alpha value is -2.96. The first-order chi connectivity index (χ1) is 13.6. The highest BCUT2D eigenvalue weighted by atomic mass is 19.1. The summed E-state index contributed by atoms with van der Waals surface area (Å²) in [5.74, 6) is -0.514. The molecule has 0 spiro atoms. The van der Waals surface area contributed by atoms with E-state index < -0.39 is 5.41 Å². The van der Waals surface area contributed by atoms with Crippen molar-refractivity contribution in [3.05, 3.63) is 60.2 Å². The van der Waals surface area contributed by atoms with Crippen LogP contribution in [-0.2, 0) is 16.1 Å². The van der Waals surface area contributed by atoms with Crippen LogP contribution in [0.1, 0.15) is 18.4 Å². The zero-order chi connectivity index (χ0) is 19.6. The van der Waals surface area contributed by atoms with Crippen molar-refractivity contribution in [1.82, 2.24) is 15.2 Å². The Morgan fingerprint density at radius 3 is 2.25 bits per heavy atom. The standard InChI is InChI=1S/C21H23FN4O2/c22-17-1-3-18(4-2-17)25-11-13-26(14-12-25)20(28)21(7-8-21)19(27)24-15-16-5-9-23-10-6-16/h1-6,9-10H,7-8,11-15H2,(H,24,27). The van der Waals surface area contributed by atoms with E-state index in [2.05, 4.69) is 15.2 Å². The normalized spacial score (nSPS) is 17.9. The second kappa shape index (κ2) is 7.58. The number of hydrogen-bond acceptors (Lipinski definition) is 4. The van der Waals surface area contributed by atoms with E-state index in [1.54, 1.807) is 29.4 Å². The number of carbonyl (C=O) groups excluding carboxylic acids is 2. The van der Waals surface area contributed by atoms with E-state index >= 15 is 0 Å². The fourth-order valence-electron chi connectivity index (χ4n) is 3.64. The van der Waals surface area contributed by atoms with Crippen LogP contribution in [0, 0.1) is 11.2 Å². The minimum absolute atomic E-state index is 0.0708. The smallest absolute Gasteiger partial charge is 0.238 e. The number of benzene rings is 1. The van der Waals surface area contributed by atoms with Crippen molar-refractivity contribution >= 4 is 17.5 Å². The quantitative estimate of drug-likeness (QED) is 0.803. The molecule has 2 amide bonds. The Morgan fingerprint density at radius 2 is 1.64 bits per heavy atom. The van der Waals surface area contributed by atoms with Crippen molar-refractivity contribution < 1.29 is 14.0 Å². The third kappa shape index (κ3) is 3.69. The number of nitrogens with zero attached hydrogens (tertiary/aromatic N) is 3. The van der Waals surface area contributed by atoms with Crippen molar-refractivity contribution in [1.29, 1.82) is 0 Å². The number of halogens is 1. The predicted molar refractivity (Wildman–Crippen MR) is 103 cm³/mol. The molecule has 0 radical (unpaired) electrons. The summed E-state index contributed by atoms with van der Waals surface area (Å²) in [6.45, 7) is 2.87. The average Bonchev–Trinajstić information content (AvgIpc) is 3.55. The van der Waals surface area contributed by atoms with E-state index in [1.807, 2.05) is 12.1 Å². The summed E-state index contributed by atoms with van der Waals surface area (Å²) in [6, 6.07) is 10.1. The maximum absolute atomic E-state index is 13.1. The lowest BCUT2D eigenvalue weighted by Crippen LogP contribution is -2.53. The van der Waals surface area contributed by atoms with Crippen LogP contribution in [0.15, 0.2) is 48.8 Å². The zero-order valence-electron chi connectivity index (χ0n) is 15.6. The zero-order valence-corrected chi connectivity index (χ0v) is 15.6. The summed E-state index contributed by atoms with van der Waals surface area (Å²) in [5.41, 5.74) is 1.01. The predicted octanol–water partition coefficient (Wildman–Crippen LogP) is 1.97. The van der Waals surface area contributed by atoms with Gasteiger partial charge in [-0.05, 0) is 54.8 Å². The molecule has 1 aromatic carbocycles. The Labute approximate surface area is 163 Å². The minimum atomic E-state index is -0.898. The van der Waals surface area contributed by atoms with Gasteiger partial charge in [-0.3, -0.25) is 14.6 Å². The molecule has 1 aliphatic heterocycles. The van der Waals surface area contributed by atoms with Gasteiger partial charge < -0.3 is 15.1 Å². The third-order valence-electron chi connectivity index (χ3n) is 5.56. The van der Waals surface area contributed by atoms with Crippen molar-refractivity contribution in [2.45, 2.75) is 19.4 Å². The number of pyridine rings is 1. The Morgan fingerprint density at radius 1 is 1.00 bits per heavy atom. The number of anilines is 1. The number of piperazine rings is 1. The van der Waals surface area contributed by atoms with Gasteiger partial charge >= 0.3 is 0 Å². The summed E-state index contributed by atoms with van der Waals surface area (Å²) in [5, 5.41) is 2.90. The average molecular weight is 382 g/mol. The second-order valence-corrected chi connectivity index (χ2v) is 7.38.